The highest BCUT2D eigenvalue weighted by Gasteiger charge is 2.11. The monoisotopic (exact) mass is 247 g/mol. The van der Waals surface area contributed by atoms with E-state index in [-0.39, 0.29) is 21.6 Å². The summed E-state index contributed by atoms with van der Waals surface area (Å²) in [6.07, 6.45) is 0. The normalized spacial score (nSPS) is 10.5. The Morgan fingerprint density at radius 1 is 1.33 bits per heavy atom. The first kappa shape index (κ1) is 12.1. The summed E-state index contributed by atoms with van der Waals surface area (Å²) in [5.41, 5.74) is 8.76. The van der Waals surface area contributed by atoms with E-state index in [1.165, 1.54) is 17.1 Å². The summed E-state index contributed by atoms with van der Waals surface area (Å²) in [5, 5.41) is 2.07. The van der Waals surface area contributed by atoms with Gasteiger partial charge in [-0.05, 0) is 12.1 Å². The molecule has 15 heavy (non-hydrogen) atoms. The highest BCUT2D eigenvalue weighted by Crippen LogP contribution is 2.28. The summed E-state index contributed by atoms with van der Waals surface area (Å²) in [6.45, 7) is 0. The van der Waals surface area contributed by atoms with Crippen LogP contribution in [0.25, 0.3) is 0 Å². The lowest BCUT2D eigenvalue weighted by Crippen LogP contribution is -2.36. The number of benzene rings is 1. The molecule has 4 nitrogen and oxygen atoms in total. The van der Waals surface area contributed by atoms with E-state index in [4.69, 9.17) is 28.9 Å². The van der Waals surface area contributed by atoms with Gasteiger partial charge in [-0.25, -0.2) is 5.01 Å². The molecule has 0 unspecified atom stereocenters. The van der Waals surface area contributed by atoms with Gasteiger partial charge in [-0.1, -0.05) is 23.2 Å². The SMILES string of the molecule is CN(C)NC(=O)c1cc(Cl)c(N)c(Cl)c1. The van der Waals surface area contributed by atoms with E-state index in [1.54, 1.807) is 14.1 Å². The Hall–Kier alpha value is -0.970. The summed E-state index contributed by atoms with van der Waals surface area (Å²) in [6, 6.07) is 2.95. The number of hydrogen-bond acceptors (Lipinski definition) is 3. The van der Waals surface area contributed by atoms with Crippen LogP contribution in [-0.2, 0) is 0 Å². The molecule has 3 N–H and O–H groups in total. The van der Waals surface area contributed by atoms with Crippen molar-refractivity contribution in [2.24, 2.45) is 0 Å². The van der Waals surface area contributed by atoms with Crippen molar-refractivity contribution >= 4 is 34.8 Å². The number of nitrogens with two attached hydrogens (primary N) is 1. The lowest BCUT2D eigenvalue weighted by molar-refractivity contribution is 0.0857. The number of nitrogens with zero attached hydrogens (tertiary/aromatic N) is 1. The third kappa shape index (κ3) is 2.99. The van der Waals surface area contributed by atoms with Crippen LogP contribution >= 0.6 is 23.2 Å². The molecule has 0 atom stereocenters. The quantitative estimate of drug-likeness (QED) is 0.619. The van der Waals surface area contributed by atoms with Gasteiger partial charge < -0.3 is 5.73 Å². The molecular weight excluding hydrogens is 237 g/mol. The summed E-state index contributed by atoms with van der Waals surface area (Å²) < 4.78 is 0. The lowest BCUT2D eigenvalue weighted by atomic mass is 10.2. The molecule has 82 valence electrons. The third-order valence-corrected chi connectivity index (χ3v) is 2.29. The Balaban J connectivity index is 3.01. The van der Waals surface area contributed by atoms with E-state index in [0.29, 0.717) is 5.56 Å². The summed E-state index contributed by atoms with van der Waals surface area (Å²) in [7, 11) is 3.41. The molecule has 0 saturated carbocycles. The summed E-state index contributed by atoms with van der Waals surface area (Å²) in [5.74, 6) is -0.288. The Morgan fingerprint density at radius 3 is 2.20 bits per heavy atom. The van der Waals surface area contributed by atoms with Crippen LogP contribution in [0.2, 0.25) is 10.0 Å². The molecule has 0 aromatic heterocycles. The van der Waals surface area contributed by atoms with Crippen molar-refractivity contribution in [3.05, 3.63) is 27.7 Å². The van der Waals surface area contributed by atoms with Crippen LogP contribution in [0.4, 0.5) is 5.69 Å². The van der Waals surface area contributed by atoms with Gasteiger partial charge in [0.25, 0.3) is 5.91 Å². The predicted molar refractivity (Wildman–Crippen MR) is 62.0 cm³/mol. The van der Waals surface area contributed by atoms with Crippen LogP contribution in [0.15, 0.2) is 12.1 Å². The average Bonchev–Trinajstić information content (AvgIpc) is 2.12. The molecule has 1 amide bonds. The van der Waals surface area contributed by atoms with Crippen molar-refractivity contribution in [1.29, 1.82) is 0 Å². The van der Waals surface area contributed by atoms with Gasteiger partial charge in [0.2, 0.25) is 0 Å². The van der Waals surface area contributed by atoms with Crippen molar-refractivity contribution < 1.29 is 4.79 Å². The van der Waals surface area contributed by atoms with Crippen LogP contribution < -0.4 is 11.2 Å². The van der Waals surface area contributed by atoms with Gasteiger partial charge in [-0.15, -0.1) is 0 Å². The number of anilines is 1. The van der Waals surface area contributed by atoms with Crippen molar-refractivity contribution in [3.8, 4) is 0 Å². The minimum absolute atomic E-state index is 0.270. The Labute approximate surface area is 97.9 Å². The molecule has 1 aromatic rings. The summed E-state index contributed by atoms with van der Waals surface area (Å²) >= 11 is 11.6. The number of hydrogen-bond donors (Lipinski definition) is 2. The average molecular weight is 248 g/mol. The molecule has 0 saturated heterocycles. The molecular formula is C9H11Cl2N3O. The molecule has 1 aromatic carbocycles. The lowest BCUT2D eigenvalue weighted by Gasteiger charge is -2.12. The molecule has 0 aliphatic rings. The van der Waals surface area contributed by atoms with Crippen LogP contribution in [-0.4, -0.2) is 25.0 Å². The van der Waals surface area contributed by atoms with Crippen molar-refractivity contribution in [2.75, 3.05) is 19.8 Å². The van der Waals surface area contributed by atoms with E-state index in [1.807, 2.05) is 0 Å². The molecule has 0 radical (unpaired) electrons. The second kappa shape index (κ2) is 4.70. The van der Waals surface area contributed by atoms with Gasteiger partial charge >= 0.3 is 0 Å². The minimum atomic E-state index is -0.288. The number of amides is 1. The molecule has 6 heteroatoms. The molecule has 0 aliphatic heterocycles. The molecule has 0 aliphatic carbocycles. The van der Waals surface area contributed by atoms with E-state index < -0.39 is 0 Å². The molecule has 0 fully saturated rings. The maximum atomic E-state index is 11.6. The van der Waals surface area contributed by atoms with E-state index in [9.17, 15) is 4.79 Å². The number of nitrogens with one attached hydrogen (secondary N) is 1. The minimum Gasteiger partial charge on any atom is -0.396 e. The van der Waals surface area contributed by atoms with Gasteiger partial charge in [-0.3, -0.25) is 10.2 Å². The standard InChI is InChI=1S/C9H11Cl2N3O/c1-14(2)13-9(15)5-3-6(10)8(12)7(11)4-5/h3-4H,12H2,1-2H3,(H,13,15). The van der Waals surface area contributed by atoms with Gasteiger partial charge in [-0.2, -0.15) is 0 Å². The first-order chi connectivity index (χ1) is 6.91. The highest BCUT2D eigenvalue weighted by molar-refractivity contribution is 6.39. The number of rotatable bonds is 2. The maximum absolute atomic E-state index is 11.6. The fourth-order valence-electron chi connectivity index (χ4n) is 0.983. The molecule has 0 spiro atoms. The van der Waals surface area contributed by atoms with E-state index in [2.05, 4.69) is 5.43 Å². The number of hydrazine groups is 1. The summed E-state index contributed by atoms with van der Waals surface area (Å²) in [4.78, 5) is 11.6. The zero-order valence-electron chi connectivity index (χ0n) is 8.34. The van der Waals surface area contributed by atoms with Gasteiger partial charge in [0.1, 0.15) is 0 Å². The van der Waals surface area contributed by atoms with Crippen LogP contribution in [0.3, 0.4) is 0 Å². The first-order valence-electron chi connectivity index (χ1n) is 4.14. The van der Waals surface area contributed by atoms with E-state index in [0.717, 1.165) is 0 Å². The topological polar surface area (TPSA) is 58.4 Å². The second-order valence-corrected chi connectivity index (χ2v) is 4.00. The second-order valence-electron chi connectivity index (χ2n) is 3.19. The number of nitrogen functional groups attached to an aromatic ring is 1. The van der Waals surface area contributed by atoms with Crippen LogP contribution in [0.5, 0.6) is 0 Å². The van der Waals surface area contributed by atoms with Crippen molar-refractivity contribution in [3.63, 3.8) is 0 Å². The smallest absolute Gasteiger partial charge is 0.265 e. The van der Waals surface area contributed by atoms with Gasteiger partial charge in [0.05, 0.1) is 15.7 Å². The molecule has 1 rings (SSSR count). The van der Waals surface area contributed by atoms with Gasteiger partial charge in [0, 0.05) is 19.7 Å². The number of carbonyl (C=O) groups excluding carboxylic acids is 1. The fraction of sp³-hybridized carbons (Fsp3) is 0.222. The zero-order chi connectivity index (χ0) is 11.6. The Kier molecular flexibility index (Phi) is 3.79. The molecule has 0 bridgehead atoms. The van der Waals surface area contributed by atoms with Crippen molar-refractivity contribution in [2.45, 2.75) is 0 Å². The maximum Gasteiger partial charge on any atom is 0.265 e. The molecule has 0 heterocycles. The highest BCUT2D eigenvalue weighted by atomic mass is 35.5. The predicted octanol–water partition coefficient (Wildman–Crippen LogP) is 1.78. The Morgan fingerprint density at radius 2 is 1.80 bits per heavy atom. The zero-order valence-corrected chi connectivity index (χ0v) is 9.86. The Bertz CT molecular complexity index is 370. The van der Waals surface area contributed by atoms with Crippen LogP contribution in [0, 0.1) is 0 Å². The number of carbonyl (C=O) groups is 1. The van der Waals surface area contributed by atoms with E-state index >= 15 is 0 Å². The van der Waals surface area contributed by atoms with Crippen LogP contribution in [0.1, 0.15) is 10.4 Å². The third-order valence-electron chi connectivity index (χ3n) is 1.67. The number of halogens is 2. The fourth-order valence-corrected chi connectivity index (χ4v) is 1.47. The first-order valence-corrected chi connectivity index (χ1v) is 4.90. The van der Waals surface area contributed by atoms with Gasteiger partial charge in [0.15, 0.2) is 0 Å². The van der Waals surface area contributed by atoms with Crippen molar-refractivity contribution in [1.82, 2.24) is 10.4 Å². The largest absolute Gasteiger partial charge is 0.396 e.